The summed E-state index contributed by atoms with van der Waals surface area (Å²) >= 11 is 7.59. The van der Waals surface area contributed by atoms with E-state index in [1.165, 1.54) is 9.13 Å². The maximum Gasteiger partial charge on any atom is 0.332 e. The van der Waals surface area contributed by atoms with E-state index in [4.69, 9.17) is 11.6 Å². The average molecular weight is 407 g/mol. The molecule has 0 saturated heterocycles. The topological polar surface area (TPSA) is 61.8 Å². The summed E-state index contributed by atoms with van der Waals surface area (Å²) in [7, 11) is 1.67. The summed E-state index contributed by atoms with van der Waals surface area (Å²) in [6, 6.07) is 7.55. The molecule has 1 aromatic carbocycles. The number of rotatable bonds is 7. The van der Waals surface area contributed by atoms with E-state index >= 15 is 0 Å². The second kappa shape index (κ2) is 8.35. The Morgan fingerprint density at radius 2 is 1.78 bits per heavy atom. The summed E-state index contributed by atoms with van der Waals surface area (Å²) in [6.07, 6.45) is 1.71. The molecule has 6 nitrogen and oxygen atoms in total. The first-order valence-electron chi connectivity index (χ1n) is 9.05. The molecule has 0 unspecified atom stereocenters. The van der Waals surface area contributed by atoms with Crippen molar-refractivity contribution in [3.05, 3.63) is 55.7 Å². The number of imidazole rings is 1. The van der Waals surface area contributed by atoms with E-state index in [0.717, 1.165) is 22.9 Å². The van der Waals surface area contributed by atoms with E-state index in [0.29, 0.717) is 35.7 Å². The van der Waals surface area contributed by atoms with Gasteiger partial charge < -0.3 is 4.57 Å². The smallest absolute Gasteiger partial charge is 0.309 e. The van der Waals surface area contributed by atoms with E-state index in [1.54, 1.807) is 18.8 Å². The van der Waals surface area contributed by atoms with Crippen molar-refractivity contribution in [1.82, 2.24) is 18.7 Å². The van der Waals surface area contributed by atoms with Gasteiger partial charge >= 0.3 is 5.69 Å². The monoisotopic (exact) mass is 406 g/mol. The number of fused-ring (bicyclic) bond motifs is 1. The lowest BCUT2D eigenvalue weighted by molar-refractivity contribution is 0.590. The van der Waals surface area contributed by atoms with Gasteiger partial charge in [-0.1, -0.05) is 49.3 Å². The SMILES string of the molecule is CCCSc1nc2c(c(=O)n(CCC)c(=O)n2C)n1Cc1ccc(Cl)cc1. The number of aromatic nitrogens is 4. The summed E-state index contributed by atoms with van der Waals surface area (Å²) in [5.74, 6) is 0.890. The number of hydrogen-bond donors (Lipinski definition) is 0. The highest BCUT2D eigenvalue weighted by Crippen LogP contribution is 2.24. The lowest BCUT2D eigenvalue weighted by Crippen LogP contribution is -2.39. The summed E-state index contributed by atoms with van der Waals surface area (Å²) < 4.78 is 4.70. The third kappa shape index (κ3) is 3.84. The minimum Gasteiger partial charge on any atom is -0.309 e. The van der Waals surface area contributed by atoms with Crippen molar-refractivity contribution >= 4 is 34.5 Å². The Labute approximate surface area is 166 Å². The first kappa shape index (κ1) is 19.8. The van der Waals surface area contributed by atoms with Crippen molar-refractivity contribution in [3.63, 3.8) is 0 Å². The van der Waals surface area contributed by atoms with Gasteiger partial charge in [0.2, 0.25) is 0 Å². The molecule has 3 aromatic rings. The van der Waals surface area contributed by atoms with Gasteiger partial charge in [0.1, 0.15) is 0 Å². The van der Waals surface area contributed by atoms with Gasteiger partial charge in [-0.15, -0.1) is 0 Å². The molecule has 0 aliphatic carbocycles. The molecule has 0 bridgehead atoms. The molecule has 0 spiro atoms. The molecule has 0 atom stereocenters. The number of hydrogen-bond acceptors (Lipinski definition) is 4. The molecular weight excluding hydrogens is 384 g/mol. The van der Waals surface area contributed by atoms with Crippen LogP contribution in [0, 0.1) is 0 Å². The largest absolute Gasteiger partial charge is 0.332 e. The third-order valence-electron chi connectivity index (χ3n) is 4.33. The molecule has 0 aliphatic heterocycles. The first-order chi connectivity index (χ1) is 13.0. The van der Waals surface area contributed by atoms with E-state index in [9.17, 15) is 9.59 Å². The van der Waals surface area contributed by atoms with Gasteiger partial charge in [0.25, 0.3) is 5.56 Å². The van der Waals surface area contributed by atoms with Crippen LogP contribution in [0.1, 0.15) is 32.3 Å². The van der Waals surface area contributed by atoms with E-state index in [2.05, 4.69) is 11.9 Å². The maximum absolute atomic E-state index is 13.1. The second-order valence-electron chi connectivity index (χ2n) is 6.43. The van der Waals surface area contributed by atoms with E-state index in [1.807, 2.05) is 35.8 Å². The molecule has 2 aromatic heterocycles. The molecule has 27 heavy (non-hydrogen) atoms. The van der Waals surface area contributed by atoms with Gasteiger partial charge in [0.05, 0.1) is 6.54 Å². The molecule has 2 heterocycles. The fraction of sp³-hybridized carbons (Fsp3) is 0.421. The number of benzene rings is 1. The van der Waals surface area contributed by atoms with Crippen LogP contribution in [-0.4, -0.2) is 24.4 Å². The normalized spacial score (nSPS) is 11.4. The number of nitrogens with zero attached hydrogens (tertiary/aromatic N) is 4. The summed E-state index contributed by atoms with van der Waals surface area (Å²) in [5, 5.41) is 1.42. The molecule has 0 amide bonds. The van der Waals surface area contributed by atoms with Crippen LogP contribution in [-0.2, 0) is 20.1 Å². The Kier molecular flexibility index (Phi) is 6.11. The molecule has 3 rings (SSSR count). The van der Waals surface area contributed by atoms with Gasteiger partial charge in [-0.05, 0) is 30.5 Å². The molecule has 0 radical (unpaired) electrons. The second-order valence-corrected chi connectivity index (χ2v) is 7.92. The third-order valence-corrected chi connectivity index (χ3v) is 5.77. The van der Waals surface area contributed by atoms with Gasteiger partial charge in [-0.2, -0.15) is 0 Å². The lowest BCUT2D eigenvalue weighted by Gasteiger charge is -2.10. The summed E-state index contributed by atoms with van der Waals surface area (Å²) in [5.41, 5.74) is 1.33. The van der Waals surface area contributed by atoms with Crippen LogP contribution in [0.25, 0.3) is 11.2 Å². The molecule has 144 valence electrons. The summed E-state index contributed by atoms with van der Waals surface area (Å²) in [4.78, 5) is 30.3. The van der Waals surface area contributed by atoms with Crippen molar-refractivity contribution in [2.24, 2.45) is 7.05 Å². The van der Waals surface area contributed by atoms with Crippen LogP contribution < -0.4 is 11.2 Å². The van der Waals surface area contributed by atoms with Gasteiger partial charge in [-0.3, -0.25) is 13.9 Å². The minimum absolute atomic E-state index is 0.278. The standard InChI is InChI=1S/C19H23ClN4O2S/c1-4-10-23-17(25)15-16(22(3)19(23)26)21-18(27-11-5-2)24(15)12-13-6-8-14(20)9-7-13/h6-9H,4-5,10-12H2,1-3H3. The fourth-order valence-corrected chi connectivity index (χ4v) is 3.97. The van der Waals surface area contributed by atoms with Crippen LogP contribution in [0.4, 0.5) is 0 Å². The quantitative estimate of drug-likeness (QED) is 0.563. The van der Waals surface area contributed by atoms with Crippen molar-refractivity contribution < 1.29 is 0 Å². The van der Waals surface area contributed by atoms with E-state index < -0.39 is 0 Å². The van der Waals surface area contributed by atoms with E-state index in [-0.39, 0.29) is 11.2 Å². The van der Waals surface area contributed by atoms with Crippen LogP contribution in [0.3, 0.4) is 0 Å². The Bertz CT molecular complexity index is 1070. The molecule has 0 fully saturated rings. The van der Waals surface area contributed by atoms with Crippen LogP contribution in [0.15, 0.2) is 39.0 Å². The maximum atomic E-state index is 13.1. The zero-order valence-corrected chi connectivity index (χ0v) is 17.3. The highest BCUT2D eigenvalue weighted by Gasteiger charge is 2.20. The van der Waals surface area contributed by atoms with Gasteiger partial charge in [-0.25, -0.2) is 9.78 Å². The van der Waals surface area contributed by atoms with Crippen LogP contribution >= 0.6 is 23.4 Å². The zero-order chi connectivity index (χ0) is 19.6. The highest BCUT2D eigenvalue weighted by molar-refractivity contribution is 7.99. The first-order valence-corrected chi connectivity index (χ1v) is 10.4. The molecule has 8 heteroatoms. The zero-order valence-electron chi connectivity index (χ0n) is 15.7. The molecule has 0 N–H and O–H groups in total. The predicted molar refractivity (Wildman–Crippen MR) is 111 cm³/mol. The van der Waals surface area contributed by atoms with Crippen molar-refractivity contribution in [2.75, 3.05) is 5.75 Å². The Balaban J connectivity index is 2.25. The Morgan fingerprint density at radius 1 is 1.07 bits per heavy atom. The number of thioether (sulfide) groups is 1. The van der Waals surface area contributed by atoms with Crippen molar-refractivity contribution in [1.29, 1.82) is 0 Å². The molecule has 0 aliphatic rings. The van der Waals surface area contributed by atoms with Crippen LogP contribution in [0.5, 0.6) is 0 Å². The highest BCUT2D eigenvalue weighted by atomic mass is 35.5. The Hall–Kier alpha value is -1.99. The van der Waals surface area contributed by atoms with Crippen molar-refractivity contribution in [2.45, 2.75) is 44.9 Å². The van der Waals surface area contributed by atoms with Crippen LogP contribution in [0.2, 0.25) is 5.02 Å². The summed E-state index contributed by atoms with van der Waals surface area (Å²) in [6.45, 7) is 4.94. The average Bonchev–Trinajstić information content (AvgIpc) is 3.02. The number of aryl methyl sites for hydroxylation is 1. The Morgan fingerprint density at radius 3 is 2.41 bits per heavy atom. The number of halogens is 1. The minimum atomic E-state index is -0.322. The predicted octanol–water partition coefficient (Wildman–Crippen LogP) is 3.51. The molecule has 0 saturated carbocycles. The fourth-order valence-electron chi connectivity index (χ4n) is 2.99. The lowest BCUT2D eigenvalue weighted by atomic mass is 10.2. The van der Waals surface area contributed by atoms with Gasteiger partial charge in [0, 0.05) is 24.4 Å². The van der Waals surface area contributed by atoms with Gasteiger partial charge in [0.15, 0.2) is 16.3 Å². The van der Waals surface area contributed by atoms with Crippen molar-refractivity contribution in [3.8, 4) is 0 Å². The molecular formula is C19H23ClN4O2S.